The molecule has 0 radical (unpaired) electrons. The van der Waals surface area contributed by atoms with Gasteiger partial charge in [0.1, 0.15) is 5.52 Å². The third-order valence-corrected chi connectivity index (χ3v) is 6.56. The van der Waals surface area contributed by atoms with Gasteiger partial charge in [0, 0.05) is 40.8 Å². The maximum Gasteiger partial charge on any atom is 0.165 e. The molecule has 7 aromatic rings. The Bertz CT molecular complexity index is 1830. The van der Waals surface area contributed by atoms with Crippen molar-refractivity contribution < 1.29 is 0 Å². The fourth-order valence-electron chi connectivity index (χ4n) is 4.96. The zero-order valence-electron chi connectivity index (χ0n) is 18.7. The van der Waals surface area contributed by atoms with Gasteiger partial charge in [-0.1, -0.05) is 78.4 Å². The van der Waals surface area contributed by atoms with Gasteiger partial charge in [0.25, 0.3) is 0 Å². The summed E-state index contributed by atoms with van der Waals surface area (Å²) in [6.45, 7) is 2.87. The van der Waals surface area contributed by atoms with Crippen molar-refractivity contribution in [1.82, 2.24) is 23.9 Å². The van der Waals surface area contributed by atoms with Crippen molar-refractivity contribution in [3.05, 3.63) is 109 Å². The fourth-order valence-corrected chi connectivity index (χ4v) is 4.96. The first-order valence-corrected chi connectivity index (χ1v) is 11.4. The van der Waals surface area contributed by atoms with Crippen LogP contribution in [-0.2, 0) is 6.54 Å². The van der Waals surface area contributed by atoms with E-state index in [0.29, 0.717) is 0 Å². The van der Waals surface area contributed by atoms with Crippen molar-refractivity contribution in [2.45, 2.75) is 13.5 Å². The fraction of sp³-hybridized carbons (Fsp3) is 0.0690. The number of pyridine rings is 1. The third kappa shape index (κ3) is 2.77. The van der Waals surface area contributed by atoms with Crippen LogP contribution in [0.4, 0.5) is 0 Å². The van der Waals surface area contributed by atoms with E-state index in [2.05, 4.69) is 95.3 Å². The van der Waals surface area contributed by atoms with Crippen molar-refractivity contribution in [3.8, 4) is 11.3 Å². The maximum atomic E-state index is 5.24. The van der Waals surface area contributed by atoms with Crippen LogP contribution in [0.1, 0.15) is 11.1 Å². The summed E-state index contributed by atoms with van der Waals surface area (Å²) in [5.41, 5.74) is 9.38. The number of para-hydroxylation sites is 1. The Kier molecular flexibility index (Phi) is 4.05. The lowest BCUT2D eigenvalue weighted by Gasteiger charge is -2.12. The first-order valence-electron chi connectivity index (χ1n) is 11.4. The van der Waals surface area contributed by atoms with Crippen LogP contribution in [-0.4, -0.2) is 23.9 Å². The Morgan fingerprint density at radius 3 is 2.47 bits per heavy atom. The molecule has 0 aliphatic heterocycles. The molecule has 7 rings (SSSR count). The summed E-state index contributed by atoms with van der Waals surface area (Å²) in [4.78, 5) is 14.5. The highest BCUT2D eigenvalue weighted by atomic mass is 15.1. The van der Waals surface area contributed by atoms with Crippen molar-refractivity contribution in [3.63, 3.8) is 0 Å². The van der Waals surface area contributed by atoms with Gasteiger partial charge in [-0.15, -0.1) is 0 Å². The minimum absolute atomic E-state index is 0.756. The molecule has 0 saturated carbocycles. The summed E-state index contributed by atoms with van der Waals surface area (Å²) in [5.74, 6) is 0. The summed E-state index contributed by atoms with van der Waals surface area (Å²) in [5, 5.41) is 2.32. The van der Waals surface area contributed by atoms with Gasteiger partial charge in [0.2, 0.25) is 0 Å². The molecule has 162 valence electrons. The average molecular weight is 440 g/mol. The van der Waals surface area contributed by atoms with Crippen LogP contribution in [0.25, 0.3) is 49.9 Å². The molecule has 0 aliphatic carbocycles. The number of fused-ring (bicyclic) bond motifs is 7. The Balaban J connectivity index is 1.69. The number of nitrogens with zero attached hydrogens (tertiary/aromatic N) is 5. The van der Waals surface area contributed by atoms with Crippen LogP contribution in [0.15, 0.2) is 97.5 Å². The molecule has 0 amide bonds. The maximum absolute atomic E-state index is 5.24. The standard InChI is InChI=1S/C29H21N5/c1-19-11-13-21(14-12-19)26-28-25(27-29(32-26)33-16-15-30-17-24(33)31-27)22-9-5-6-10-23(22)34(28)18-20-7-3-2-4-8-20/h2-17H,18H2,1H3. The molecule has 0 aliphatic rings. The third-order valence-electron chi connectivity index (χ3n) is 6.56. The molecule has 0 spiro atoms. The number of aromatic nitrogens is 5. The first kappa shape index (κ1) is 19.0. The van der Waals surface area contributed by atoms with Gasteiger partial charge >= 0.3 is 0 Å². The second-order valence-electron chi connectivity index (χ2n) is 8.73. The minimum atomic E-state index is 0.756. The van der Waals surface area contributed by atoms with Crippen molar-refractivity contribution in [1.29, 1.82) is 0 Å². The Hall–Kier alpha value is -4.51. The number of benzene rings is 3. The number of hydrogen-bond donors (Lipinski definition) is 0. The van der Waals surface area contributed by atoms with E-state index in [0.717, 1.165) is 45.5 Å². The number of imidazole rings is 1. The molecule has 0 bridgehead atoms. The molecule has 5 nitrogen and oxygen atoms in total. The van der Waals surface area contributed by atoms with E-state index >= 15 is 0 Å². The molecule has 0 saturated heterocycles. The lowest BCUT2D eigenvalue weighted by atomic mass is 10.1. The predicted octanol–water partition coefficient (Wildman–Crippen LogP) is 6.41. The van der Waals surface area contributed by atoms with Crippen molar-refractivity contribution >= 4 is 38.6 Å². The zero-order chi connectivity index (χ0) is 22.6. The summed E-state index contributed by atoms with van der Waals surface area (Å²) < 4.78 is 4.42. The second-order valence-corrected chi connectivity index (χ2v) is 8.73. The molecule has 0 N–H and O–H groups in total. The van der Waals surface area contributed by atoms with Gasteiger partial charge < -0.3 is 4.57 Å². The SMILES string of the molecule is Cc1ccc(-c2nc3c(nc4cnccn43)c3c4ccccc4n(Cc4ccccc4)c23)cc1. The molecule has 34 heavy (non-hydrogen) atoms. The van der Waals surface area contributed by atoms with Crippen LogP contribution in [0.5, 0.6) is 0 Å². The summed E-state index contributed by atoms with van der Waals surface area (Å²) in [6.07, 6.45) is 5.51. The van der Waals surface area contributed by atoms with Crippen LogP contribution in [0, 0.1) is 6.92 Å². The first-order chi connectivity index (χ1) is 16.8. The highest BCUT2D eigenvalue weighted by Crippen LogP contribution is 2.39. The Morgan fingerprint density at radius 1 is 0.824 bits per heavy atom. The lowest BCUT2D eigenvalue weighted by Crippen LogP contribution is -2.02. The summed E-state index contributed by atoms with van der Waals surface area (Å²) in [6, 6.07) is 27.8. The summed E-state index contributed by atoms with van der Waals surface area (Å²) in [7, 11) is 0. The quantitative estimate of drug-likeness (QED) is 0.320. The van der Waals surface area contributed by atoms with E-state index in [4.69, 9.17) is 9.97 Å². The second kappa shape index (κ2) is 7.25. The Labute approximate surface area is 196 Å². The van der Waals surface area contributed by atoms with E-state index in [1.165, 1.54) is 22.0 Å². The molecular weight excluding hydrogens is 418 g/mol. The predicted molar refractivity (Wildman–Crippen MR) is 137 cm³/mol. The smallest absolute Gasteiger partial charge is 0.165 e. The molecule has 3 aromatic carbocycles. The minimum Gasteiger partial charge on any atom is -0.334 e. The van der Waals surface area contributed by atoms with Crippen molar-refractivity contribution in [2.24, 2.45) is 0 Å². The molecular formula is C29H21N5. The van der Waals surface area contributed by atoms with Crippen LogP contribution < -0.4 is 0 Å². The lowest BCUT2D eigenvalue weighted by molar-refractivity contribution is 0.868. The average Bonchev–Trinajstić information content (AvgIpc) is 3.41. The van der Waals surface area contributed by atoms with Gasteiger partial charge in [0.15, 0.2) is 11.3 Å². The van der Waals surface area contributed by atoms with Gasteiger partial charge in [-0.3, -0.25) is 9.38 Å². The monoisotopic (exact) mass is 439 g/mol. The normalized spacial score (nSPS) is 11.8. The van der Waals surface area contributed by atoms with Gasteiger partial charge in [-0.2, -0.15) is 0 Å². The molecule has 0 fully saturated rings. The number of hydrogen-bond acceptors (Lipinski definition) is 3. The largest absolute Gasteiger partial charge is 0.334 e. The topological polar surface area (TPSA) is 48.0 Å². The molecule has 5 heteroatoms. The molecule has 4 aromatic heterocycles. The van der Waals surface area contributed by atoms with E-state index in [1.807, 2.05) is 10.6 Å². The number of aryl methyl sites for hydroxylation is 1. The number of rotatable bonds is 3. The van der Waals surface area contributed by atoms with Crippen LogP contribution in [0.2, 0.25) is 0 Å². The molecule has 4 heterocycles. The van der Waals surface area contributed by atoms with Gasteiger partial charge in [-0.25, -0.2) is 9.97 Å². The van der Waals surface area contributed by atoms with Gasteiger partial charge in [0.05, 0.1) is 17.4 Å². The van der Waals surface area contributed by atoms with Crippen molar-refractivity contribution in [2.75, 3.05) is 0 Å². The Morgan fingerprint density at radius 2 is 1.62 bits per heavy atom. The highest BCUT2D eigenvalue weighted by Gasteiger charge is 2.22. The van der Waals surface area contributed by atoms with Crippen LogP contribution >= 0.6 is 0 Å². The summed E-state index contributed by atoms with van der Waals surface area (Å²) >= 11 is 0. The molecule has 0 unspecified atom stereocenters. The van der Waals surface area contributed by atoms with E-state index in [1.54, 1.807) is 12.4 Å². The van der Waals surface area contributed by atoms with E-state index < -0.39 is 0 Å². The van der Waals surface area contributed by atoms with E-state index in [-0.39, 0.29) is 0 Å². The van der Waals surface area contributed by atoms with Gasteiger partial charge in [-0.05, 0) is 18.6 Å². The highest BCUT2D eigenvalue weighted by molar-refractivity contribution is 6.21. The van der Waals surface area contributed by atoms with Crippen LogP contribution in [0.3, 0.4) is 0 Å². The zero-order valence-corrected chi connectivity index (χ0v) is 18.7. The van der Waals surface area contributed by atoms with E-state index in [9.17, 15) is 0 Å². The molecule has 0 atom stereocenters.